The molecule has 0 aromatic heterocycles. The number of carbonyl (C=O) groups excluding carboxylic acids is 1. The maximum Gasteiger partial charge on any atom is 0.308 e. The molecule has 0 aromatic rings. The molecule has 0 rings (SSSR count). The SMILES string of the molecule is CC(C)C(C)C(=O)OCCCC(C)(C)C. The first kappa shape index (κ1) is 14.5. The molecule has 0 spiro atoms. The Hall–Kier alpha value is -0.530. The van der Waals surface area contributed by atoms with E-state index in [1.54, 1.807) is 0 Å². The van der Waals surface area contributed by atoms with Crippen LogP contribution in [-0.4, -0.2) is 12.6 Å². The summed E-state index contributed by atoms with van der Waals surface area (Å²) in [6, 6.07) is 0. The van der Waals surface area contributed by atoms with Crippen molar-refractivity contribution in [2.24, 2.45) is 17.3 Å². The maximum absolute atomic E-state index is 11.5. The molecule has 0 aliphatic heterocycles. The lowest BCUT2D eigenvalue weighted by Gasteiger charge is -2.18. The molecule has 0 bridgehead atoms. The van der Waals surface area contributed by atoms with E-state index in [4.69, 9.17) is 4.74 Å². The van der Waals surface area contributed by atoms with E-state index in [1.165, 1.54) is 0 Å². The Morgan fingerprint density at radius 1 is 1.20 bits per heavy atom. The van der Waals surface area contributed by atoms with Gasteiger partial charge < -0.3 is 4.74 Å². The third-order valence-electron chi connectivity index (χ3n) is 2.69. The molecule has 0 aliphatic carbocycles. The van der Waals surface area contributed by atoms with Crippen molar-refractivity contribution in [3.8, 4) is 0 Å². The Morgan fingerprint density at radius 3 is 2.13 bits per heavy atom. The number of rotatable bonds is 5. The third kappa shape index (κ3) is 7.40. The quantitative estimate of drug-likeness (QED) is 0.516. The minimum Gasteiger partial charge on any atom is -0.465 e. The Bertz CT molecular complexity index is 189. The molecule has 0 radical (unpaired) electrons. The lowest BCUT2D eigenvalue weighted by atomic mass is 9.91. The molecule has 0 saturated carbocycles. The molecular weight excluding hydrogens is 188 g/mol. The zero-order chi connectivity index (χ0) is 12.1. The fourth-order valence-electron chi connectivity index (χ4n) is 1.18. The molecule has 0 aliphatic rings. The van der Waals surface area contributed by atoms with Crippen molar-refractivity contribution in [2.45, 2.75) is 54.4 Å². The number of carbonyl (C=O) groups is 1. The Balaban J connectivity index is 3.65. The fraction of sp³-hybridized carbons (Fsp3) is 0.923. The molecule has 2 nitrogen and oxygen atoms in total. The van der Waals surface area contributed by atoms with E-state index in [-0.39, 0.29) is 11.9 Å². The normalized spacial score (nSPS) is 14.1. The average molecular weight is 214 g/mol. The first-order chi connectivity index (χ1) is 6.74. The molecule has 0 N–H and O–H groups in total. The van der Waals surface area contributed by atoms with E-state index in [9.17, 15) is 4.79 Å². The monoisotopic (exact) mass is 214 g/mol. The minimum absolute atomic E-state index is 0.0136. The van der Waals surface area contributed by atoms with Crippen LogP contribution in [0.2, 0.25) is 0 Å². The predicted octanol–water partition coefficient (Wildman–Crippen LogP) is 3.65. The van der Waals surface area contributed by atoms with E-state index in [1.807, 2.05) is 20.8 Å². The number of hydrogen-bond donors (Lipinski definition) is 0. The number of esters is 1. The minimum atomic E-state index is -0.0566. The van der Waals surface area contributed by atoms with Crippen molar-refractivity contribution in [2.75, 3.05) is 6.61 Å². The lowest BCUT2D eigenvalue weighted by molar-refractivity contribution is -0.149. The van der Waals surface area contributed by atoms with Crippen LogP contribution in [0.15, 0.2) is 0 Å². The zero-order valence-electron chi connectivity index (χ0n) is 11.1. The molecule has 0 saturated heterocycles. The van der Waals surface area contributed by atoms with Gasteiger partial charge >= 0.3 is 5.97 Å². The summed E-state index contributed by atoms with van der Waals surface area (Å²) in [6.07, 6.45) is 2.05. The van der Waals surface area contributed by atoms with Gasteiger partial charge in [-0.25, -0.2) is 0 Å². The van der Waals surface area contributed by atoms with E-state index in [0.717, 1.165) is 12.8 Å². The second-order valence-corrected chi connectivity index (χ2v) is 5.86. The van der Waals surface area contributed by atoms with Crippen molar-refractivity contribution >= 4 is 5.97 Å². The number of hydrogen-bond acceptors (Lipinski definition) is 2. The molecule has 0 fully saturated rings. The van der Waals surface area contributed by atoms with Crippen LogP contribution in [0.5, 0.6) is 0 Å². The van der Waals surface area contributed by atoms with Gasteiger partial charge in [0.05, 0.1) is 12.5 Å². The van der Waals surface area contributed by atoms with Crippen LogP contribution in [0.4, 0.5) is 0 Å². The molecule has 0 heterocycles. The average Bonchev–Trinajstić information content (AvgIpc) is 2.09. The van der Waals surface area contributed by atoms with E-state index >= 15 is 0 Å². The lowest BCUT2D eigenvalue weighted by Crippen LogP contribution is -2.20. The molecule has 0 aromatic carbocycles. The smallest absolute Gasteiger partial charge is 0.308 e. The van der Waals surface area contributed by atoms with Crippen molar-refractivity contribution in [1.82, 2.24) is 0 Å². The molecule has 2 heteroatoms. The van der Waals surface area contributed by atoms with Gasteiger partial charge in [0.25, 0.3) is 0 Å². The van der Waals surface area contributed by atoms with Crippen LogP contribution in [0.1, 0.15) is 54.4 Å². The molecule has 15 heavy (non-hydrogen) atoms. The van der Waals surface area contributed by atoms with Gasteiger partial charge in [-0.1, -0.05) is 41.5 Å². The highest BCUT2D eigenvalue weighted by Gasteiger charge is 2.18. The van der Waals surface area contributed by atoms with E-state index in [2.05, 4.69) is 20.8 Å². The molecule has 90 valence electrons. The standard InChI is InChI=1S/C13H26O2/c1-10(2)11(3)12(14)15-9-7-8-13(4,5)6/h10-11H,7-9H2,1-6H3. The van der Waals surface area contributed by atoms with Gasteiger partial charge in [0.15, 0.2) is 0 Å². The summed E-state index contributed by atoms with van der Waals surface area (Å²) < 4.78 is 5.22. The Morgan fingerprint density at radius 2 is 1.73 bits per heavy atom. The highest BCUT2D eigenvalue weighted by molar-refractivity contribution is 5.72. The molecule has 0 amide bonds. The third-order valence-corrected chi connectivity index (χ3v) is 2.69. The first-order valence-corrected chi connectivity index (χ1v) is 5.90. The van der Waals surface area contributed by atoms with Crippen LogP contribution < -0.4 is 0 Å². The molecule has 1 unspecified atom stereocenters. The summed E-state index contributed by atoms with van der Waals surface area (Å²) in [7, 11) is 0. The second-order valence-electron chi connectivity index (χ2n) is 5.86. The largest absolute Gasteiger partial charge is 0.465 e. The summed E-state index contributed by atoms with van der Waals surface area (Å²) in [5.74, 6) is 0.318. The van der Waals surface area contributed by atoms with Crippen LogP contribution in [0, 0.1) is 17.3 Å². The van der Waals surface area contributed by atoms with Gasteiger partial charge in [-0.3, -0.25) is 4.79 Å². The molecular formula is C13H26O2. The van der Waals surface area contributed by atoms with E-state index in [0.29, 0.717) is 17.9 Å². The van der Waals surface area contributed by atoms with Gasteiger partial charge in [0, 0.05) is 0 Å². The van der Waals surface area contributed by atoms with Crippen LogP contribution in [-0.2, 0) is 9.53 Å². The van der Waals surface area contributed by atoms with Gasteiger partial charge in [0.1, 0.15) is 0 Å². The van der Waals surface area contributed by atoms with Crippen molar-refractivity contribution < 1.29 is 9.53 Å². The van der Waals surface area contributed by atoms with Crippen LogP contribution >= 0.6 is 0 Å². The highest BCUT2D eigenvalue weighted by atomic mass is 16.5. The van der Waals surface area contributed by atoms with Crippen LogP contribution in [0.25, 0.3) is 0 Å². The molecule has 1 atom stereocenters. The summed E-state index contributed by atoms with van der Waals surface area (Å²) in [5.41, 5.74) is 0.329. The van der Waals surface area contributed by atoms with Gasteiger partial charge in [-0.15, -0.1) is 0 Å². The first-order valence-electron chi connectivity index (χ1n) is 5.90. The summed E-state index contributed by atoms with van der Waals surface area (Å²) in [5, 5.41) is 0. The van der Waals surface area contributed by atoms with E-state index < -0.39 is 0 Å². The topological polar surface area (TPSA) is 26.3 Å². The summed E-state index contributed by atoms with van der Waals surface area (Å²) in [6.45, 7) is 13.2. The summed E-state index contributed by atoms with van der Waals surface area (Å²) in [4.78, 5) is 11.5. The van der Waals surface area contributed by atoms with Crippen LogP contribution in [0.3, 0.4) is 0 Å². The maximum atomic E-state index is 11.5. The number of ether oxygens (including phenoxy) is 1. The fourth-order valence-corrected chi connectivity index (χ4v) is 1.18. The predicted molar refractivity (Wildman–Crippen MR) is 63.7 cm³/mol. The Kier molecular flexibility index (Phi) is 5.92. The summed E-state index contributed by atoms with van der Waals surface area (Å²) >= 11 is 0. The van der Waals surface area contributed by atoms with Gasteiger partial charge in [-0.05, 0) is 24.2 Å². The van der Waals surface area contributed by atoms with Gasteiger partial charge in [0.2, 0.25) is 0 Å². The van der Waals surface area contributed by atoms with Crippen molar-refractivity contribution in [1.29, 1.82) is 0 Å². The Labute approximate surface area is 94.4 Å². The van der Waals surface area contributed by atoms with Crippen molar-refractivity contribution in [3.63, 3.8) is 0 Å². The second kappa shape index (κ2) is 6.14. The highest BCUT2D eigenvalue weighted by Crippen LogP contribution is 2.20. The van der Waals surface area contributed by atoms with Crippen molar-refractivity contribution in [3.05, 3.63) is 0 Å². The van der Waals surface area contributed by atoms with Gasteiger partial charge in [-0.2, -0.15) is 0 Å². The zero-order valence-corrected chi connectivity index (χ0v) is 11.1.